The Labute approximate surface area is 293 Å². The van der Waals surface area contributed by atoms with Gasteiger partial charge in [-0.05, 0) is 43.3 Å². The molecule has 0 spiro atoms. The van der Waals surface area contributed by atoms with Crippen molar-refractivity contribution in [1.29, 1.82) is 0 Å². The first-order chi connectivity index (χ1) is 24.4. The number of H-pyrrole nitrogens is 1. The molecule has 1 aliphatic rings. The summed E-state index contributed by atoms with van der Waals surface area (Å²) in [5, 5.41) is 19.2. The molecule has 0 aliphatic carbocycles. The van der Waals surface area contributed by atoms with E-state index >= 15 is 0 Å². The number of nitrogens with one attached hydrogen (secondary N) is 2. The Morgan fingerprint density at radius 1 is 0.904 bits per heavy atom. The number of nitrogens with zero attached hydrogens (tertiary/aromatic N) is 6. The maximum absolute atomic E-state index is 13.7. The minimum atomic E-state index is -5.08. The van der Waals surface area contributed by atoms with Crippen LogP contribution in [0.2, 0.25) is 5.02 Å². The number of amides is 1. The summed E-state index contributed by atoms with van der Waals surface area (Å²) in [5.74, 6) is -5.48. The lowest BCUT2D eigenvalue weighted by Gasteiger charge is -2.38. The molecular weight excluding hydrogens is 733 g/mol. The Kier molecular flexibility index (Phi) is 12.0. The van der Waals surface area contributed by atoms with Crippen LogP contribution in [0.25, 0.3) is 22.1 Å². The van der Waals surface area contributed by atoms with E-state index < -0.39 is 30.1 Å². The first kappa shape index (κ1) is 39.0. The number of aromatic amines is 1. The number of halogens is 8. The number of imidazole rings is 1. The number of rotatable bonds is 5. The summed E-state index contributed by atoms with van der Waals surface area (Å²) < 4.78 is 77.2. The third kappa shape index (κ3) is 9.50. The number of carboxylic acid groups (broad SMARTS) is 2. The number of fused-ring (bicyclic) bond motifs is 2. The predicted molar refractivity (Wildman–Crippen MR) is 172 cm³/mol. The lowest BCUT2D eigenvalue weighted by molar-refractivity contribution is -0.193. The number of hydrogen-bond acceptors (Lipinski definition) is 9. The Balaban J connectivity index is 0.000000367. The highest BCUT2D eigenvalue weighted by atomic mass is 35.5. The zero-order valence-electron chi connectivity index (χ0n) is 26.5. The van der Waals surface area contributed by atoms with Crippen LogP contribution >= 0.6 is 11.6 Å². The number of aliphatic carboxylic acids is 2. The smallest absolute Gasteiger partial charge is 0.475 e. The van der Waals surface area contributed by atoms with Crippen LogP contribution < -0.4 is 10.2 Å². The highest BCUT2D eigenvalue weighted by Gasteiger charge is 2.39. The number of aromatic nitrogens is 5. The number of pyridine rings is 1. The van der Waals surface area contributed by atoms with Crippen molar-refractivity contribution < 1.29 is 55.3 Å². The molecule has 1 atom stereocenters. The van der Waals surface area contributed by atoms with E-state index in [2.05, 4.69) is 30.2 Å². The van der Waals surface area contributed by atoms with Crippen LogP contribution in [0.4, 0.5) is 42.2 Å². The number of alkyl halides is 6. The maximum atomic E-state index is 13.7. The van der Waals surface area contributed by atoms with Crippen molar-refractivity contribution in [3.05, 3.63) is 83.3 Å². The summed E-state index contributed by atoms with van der Waals surface area (Å²) in [6.45, 7) is 4.21. The molecule has 4 N–H and O–H groups in total. The third-order valence-electron chi connectivity index (χ3n) is 7.33. The van der Waals surface area contributed by atoms with Crippen molar-refractivity contribution in [2.24, 2.45) is 0 Å². The maximum Gasteiger partial charge on any atom is 0.490 e. The van der Waals surface area contributed by atoms with Gasteiger partial charge < -0.3 is 30.3 Å². The van der Waals surface area contributed by atoms with E-state index in [9.17, 15) is 35.5 Å². The second-order valence-corrected chi connectivity index (χ2v) is 11.2. The minimum absolute atomic E-state index is 0.175. The number of anilines is 2. The number of piperazine rings is 1. The normalized spacial score (nSPS) is 13.8. The van der Waals surface area contributed by atoms with Crippen LogP contribution in [-0.4, -0.2) is 96.4 Å². The van der Waals surface area contributed by atoms with Crippen molar-refractivity contribution in [3.8, 4) is 0 Å². The van der Waals surface area contributed by atoms with Crippen molar-refractivity contribution >= 4 is 63.0 Å². The molecule has 21 heteroatoms. The van der Waals surface area contributed by atoms with Gasteiger partial charge in [0.2, 0.25) is 0 Å². The first-order valence-electron chi connectivity index (χ1n) is 14.8. The van der Waals surface area contributed by atoms with Gasteiger partial charge in [-0.15, -0.1) is 0 Å². The molecule has 0 radical (unpaired) electrons. The van der Waals surface area contributed by atoms with Gasteiger partial charge in [-0.2, -0.15) is 26.3 Å². The van der Waals surface area contributed by atoms with E-state index in [0.717, 1.165) is 27.7 Å². The molecule has 2 aromatic carbocycles. The highest BCUT2D eigenvalue weighted by Crippen LogP contribution is 2.39. The van der Waals surface area contributed by atoms with E-state index in [1.165, 1.54) is 18.5 Å². The summed E-state index contributed by atoms with van der Waals surface area (Å²) in [5.41, 5.74) is 4.35. The van der Waals surface area contributed by atoms with Gasteiger partial charge in [0.05, 0.1) is 28.6 Å². The molecule has 1 saturated heterocycles. The van der Waals surface area contributed by atoms with Crippen LogP contribution in [0.3, 0.4) is 0 Å². The summed E-state index contributed by atoms with van der Waals surface area (Å²) in [6.07, 6.45) is -5.35. The lowest BCUT2D eigenvalue weighted by Crippen LogP contribution is -2.49. The molecule has 1 amide bonds. The van der Waals surface area contributed by atoms with Gasteiger partial charge in [-0.3, -0.25) is 9.78 Å². The van der Waals surface area contributed by atoms with Crippen LogP contribution in [-0.2, 0) is 9.59 Å². The molecule has 4 heterocycles. The van der Waals surface area contributed by atoms with E-state index in [-0.39, 0.29) is 11.9 Å². The summed E-state index contributed by atoms with van der Waals surface area (Å²) in [7, 11) is 0. The van der Waals surface area contributed by atoms with Crippen LogP contribution in [0.5, 0.6) is 0 Å². The quantitative estimate of drug-likeness (QED) is 0.152. The average molecular weight is 759 g/mol. The zero-order valence-corrected chi connectivity index (χ0v) is 27.3. The van der Waals surface area contributed by atoms with Gasteiger partial charge in [0.25, 0.3) is 5.91 Å². The molecule has 1 aliphatic heterocycles. The number of hydrogen-bond donors (Lipinski definition) is 4. The van der Waals surface area contributed by atoms with Gasteiger partial charge in [0, 0.05) is 48.9 Å². The zero-order chi connectivity index (χ0) is 38.4. The Morgan fingerprint density at radius 3 is 2.13 bits per heavy atom. The highest BCUT2D eigenvalue weighted by molar-refractivity contribution is 6.36. The first-order valence-corrected chi connectivity index (χ1v) is 15.1. The predicted octanol–water partition coefficient (Wildman–Crippen LogP) is 6.10. The van der Waals surface area contributed by atoms with Crippen molar-refractivity contribution in [3.63, 3.8) is 0 Å². The molecule has 13 nitrogen and oxygen atoms in total. The van der Waals surface area contributed by atoms with E-state index in [0.29, 0.717) is 48.2 Å². The fourth-order valence-corrected chi connectivity index (χ4v) is 5.23. The monoisotopic (exact) mass is 758 g/mol. The average Bonchev–Trinajstić information content (AvgIpc) is 3.58. The summed E-state index contributed by atoms with van der Waals surface area (Å²) in [6, 6.07) is 11.4. The standard InChI is InChI=1S/C27H24ClFN8O.2C2HF3O2/c1-16(35-26-23-25(32-14-31-23)33-15-34-26)20-13-21(28)19-6-3-7-30-22(19)24(20)36-8-10-37(11-9-36)27(38)17-4-2-5-18(29)12-17;2*3-2(4,5)1(6)7/h2-7,12-16H,8-11H2,1H3,(H2,31,32,33,34,35);2*(H,6,7). The van der Waals surface area contributed by atoms with Crippen LogP contribution in [0, 0.1) is 5.82 Å². The number of benzene rings is 2. The van der Waals surface area contributed by atoms with Gasteiger partial charge in [0.1, 0.15) is 17.7 Å². The molecule has 6 rings (SSSR count). The van der Waals surface area contributed by atoms with Gasteiger partial charge in [0.15, 0.2) is 11.5 Å². The van der Waals surface area contributed by atoms with Gasteiger partial charge in [-0.1, -0.05) is 17.7 Å². The van der Waals surface area contributed by atoms with Crippen LogP contribution in [0.15, 0.2) is 61.3 Å². The van der Waals surface area contributed by atoms with E-state index in [1.807, 2.05) is 25.1 Å². The molecule has 0 saturated carbocycles. The van der Waals surface area contributed by atoms with Crippen LogP contribution in [0.1, 0.15) is 28.9 Å². The molecule has 0 bridgehead atoms. The molecule has 276 valence electrons. The second-order valence-electron chi connectivity index (χ2n) is 10.8. The fraction of sp³-hybridized carbons (Fsp3) is 0.258. The number of carbonyl (C=O) groups excluding carboxylic acids is 1. The largest absolute Gasteiger partial charge is 0.490 e. The minimum Gasteiger partial charge on any atom is -0.475 e. The summed E-state index contributed by atoms with van der Waals surface area (Å²) in [4.78, 5) is 55.4. The van der Waals surface area contributed by atoms with Gasteiger partial charge >= 0.3 is 24.3 Å². The van der Waals surface area contributed by atoms with E-state index in [4.69, 9.17) is 36.4 Å². The van der Waals surface area contributed by atoms with Gasteiger partial charge in [-0.25, -0.2) is 28.9 Å². The second kappa shape index (κ2) is 16.0. The number of carboxylic acids is 2. The summed E-state index contributed by atoms with van der Waals surface area (Å²) >= 11 is 6.73. The van der Waals surface area contributed by atoms with Crippen molar-refractivity contribution in [2.45, 2.75) is 25.3 Å². The molecule has 5 aromatic rings. The molecule has 3 aromatic heterocycles. The molecule has 52 heavy (non-hydrogen) atoms. The lowest BCUT2D eigenvalue weighted by atomic mass is 10.0. The fourth-order valence-electron chi connectivity index (χ4n) is 4.96. The van der Waals surface area contributed by atoms with Crippen molar-refractivity contribution in [2.75, 3.05) is 36.4 Å². The Hall–Kier alpha value is -5.79. The molecule has 1 fully saturated rings. The molecular formula is C31H26ClF7N8O5. The van der Waals surface area contributed by atoms with E-state index in [1.54, 1.807) is 29.6 Å². The molecule has 1 unspecified atom stereocenters. The third-order valence-corrected chi connectivity index (χ3v) is 7.64. The SMILES string of the molecule is CC(Nc1ncnc2nc[nH]c12)c1cc(Cl)c2cccnc2c1N1CCN(C(=O)c2cccc(F)c2)CC1.O=C(O)C(F)(F)F.O=C(O)C(F)(F)F. The topological polar surface area (TPSA) is 178 Å². The number of carbonyl (C=O) groups is 3. The van der Waals surface area contributed by atoms with Crippen molar-refractivity contribution in [1.82, 2.24) is 29.8 Å². The Morgan fingerprint density at radius 2 is 1.54 bits per heavy atom. The Bertz CT molecular complexity index is 2050.